The molecule has 0 bridgehead atoms. The summed E-state index contributed by atoms with van der Waals surface area (Å²) in [4.78, 5) is 0. The summed E-state index contributed by atoms with van der Waals surface area (Å²) in [6, 6.07) is 54.6. The van der Waals surface area contributed by atoms with Gasteiger partial charge in [0, 0.05) is 41.9 Å². The van der Waals surface area contributed by atoms with Gasteiger partial charge in [0.2, 0.25) is 0 Å². The fourth-order valence-corrected chi connectivity index (χ4v) is 9.14. The molecule has 0 atom stereocenters. The van der Waals surface area contributed by atoms with Crippen LogP contribution in [0.3, 0.4) is 0 Å². The number of hydrogen-bond donors (Lipinski definition) is 0. The van der Waals surface area contributed by atoms with Crippen molar-refractivity contribution >= 4 is 86.0 Å². The molecule has 0 saturated heterocycles. The van der Waals surface area contributed by atoms with Crippen LogP contribution in [0, 0.1) is 0 Å². The summed E-state index contributed by atoms with van der Waals surface area (Å²) < 4.78 is 15.3. The third-order valence-corrected chi connectivity index (χ3v) is 11.3. The van der Waals surface area contributed by atoms with E-state index in [1.165, 1.54) is 58.4 Å². The van der Waals surface area contributed by atoms with Crippen LogP contribution in [0.15, 0.2) is 167 Å². The second-order valence-corrected chi connectivity index (χ2v) is 13.9. The van der Waals surface area contributed by atoms with Gasteiger partial charge in [-0.15, -0.1) is 11.3 Å². The van der Waals surface area contributed by atoms with Crippen molar-refractivity contribution in [3.05, 3.63) is 158 Å². The molecule has 0 unspecified atom stereocenters. The van der Waals surface area contributed by atoms with Crippen LogP contribution in [0.4, 0.5) is 0 Å². The van der Waals surface area contributed by atoms with Crippen LogP contribution in [-0.4, -0.2) is 0 Å². The van der Waals surface area contributed by atoms with Crippen molar-refractivity contribution in [2.24, 2.45) is 0 Å². The lowest BCUT2D eigenvalue weighted by Crippen LogP contribution is -1.91. The first-order valence-electron chi connectivity index (χ1n) is 16.6. The molecule has 0 amide bonds. The zero-order chi connectivity index (χ0) is 32.1. The molecule has 0 N–H and O–H groups in total. The summed E-state index contributed by atoms with van der Waals surface area (Å²) in [5.41, 5.74) is 9.75. The van der Waals surface area contributed by atoms with Crippen LogP contribution in [0.25, 0.3) is 108 Å². The Kier molecular flexibility index (Phi) is 5.57. The van der Waals surface area contributed by atoms with Crippen LogP contribution in [0.5, 0.6) is 0 Å². The summed E-state index contributed by atoms with van der Waals surface area (Å²) in [6.07, 6.45) is 1.85. The van der Waals surface area contributed by atoms with Gasteiger partial charge in [0.05, 0.1) is 6.26 Å². The molecule has 49 heavy (non-hydrogen) atoms. The van der Waals surface area contributed by atoms with E-state index >= 15 is 0 Å². The Balaban J connectivity index is 1.18. The molecular formula is C46H26O2S. The predicted octanol–water partition coefficient (Wildman–Crippen LogP) is 14.0. The van der Waals surface area contributed by atoms with E-state index in [1.807, 2.05) is 23.7 Å². The Morgan fingerprint density at radius 3 is 1.78 bits per heavy atom. The normalized spacial score (nSPS) is 12.1. The molecule has 0 saturated carbocycles. The molecule has 0 radical (unpaired) electrons. The van der Waals surface area contributed by atoms with Crippen molar-refractivity contribution in [2.75, 3.05) is 0 Å². The third-order valence-electron chi connectivity index (χ3n) is 10.1. The zero-order valence-electron chi connectivity index (χ0n) is 26.2. The summed E-state index contributed by atoms with van der Waals surface area (Å²) in [5.74, 6) is 0. The molecule has 3 heteroatoms. The van der Waals surface area contributed by atoms with Gasteiger partial charge in [0.25, 0.3) is 0 Å². The molecule has 3 heterocycles. The summed E-state index contributed by atoms with van der Waals surface area (Å²) >= 11 is 1.87. The van der Waals surface area contributed by atoms with Gasteiger partial charge >= 0.3 is 0 Å². The number of hydrogen-bond acceptors (Lipinski definition) is 3. The first-order valence-corrected chi connectivity index (χ1v) is 17.4. The highest BCUT2D eigenvalue weighted by atomic mass is 32.1. The molecule has 0 aliphatic carbocycles. The number of fused-ring (bicyclic) bond motifs is 9. The van der Waals surface area contributed by atoms with Crippen LogP contribution >= 0.6 is 11.3 Å². The topological polar surface area (TPSA) is 26.3 Å². The van der Waals surface area contributed by atoms with E-state index in [0.717, 1.165) is 49.6 Å². The lowest BCUT2D eigenvalue weighted by Gasteiger charge is -2.18. The first kappa shape index (κ1) is 26.9. The van der Waals surface area contributed by atoms with E-state index < -0.39 is 0 Å². The molecule has 11 aromatic rings. The molecule has 0 aliphatic rings. The number of rotatable bonds is 3. The SMILES string of the molecule is c1ccc(-c2coc3cc4c(cc23)oc2ccc(-c3c5ccccc5c(-c5cccc6sc7ccccc7c56)c5ccccc35)cc24)cc1. The number of benzene rings is 8. The number of furan rings is 2. The Morgan fingerprint density at radius 1 is 0.367 bits per heavy atom. The Morgan fingerprint density at radius 2 is 1.00 bits per heavy atom. The van der Waals surface area contributed by atoms with Crippen molar-refractivity contribution in [1.29, 1.82) is 0 Å². The minimum Gasteiger partial charge on any atom is -0.464 e. The monoisotopic (exact) mass is 642 g/mol. The summed E-state index contributed by atoms with van der Waals surface area (Å²) in [6.45, 7) is 0. The van der Waals surface area contributed by atoms with Gasteiger partial charge in [-0.05, 0) is 85.8 Å². The van der Waals surface area contributed by atoms with Crippen LogP contribution in [0.1, 0.15) is 0 Å². The molecule has 228 valence electrons. The first-order chi connectivity index (χ1) is 24.3. The standard InChI is InChI=1S/C46H26O2S/c1-2-11-27(12-3-1)38-26-47-40-24-36-35-23-28(21-22-39(35)48-41(36)25-37(38)40)44-29-13-4-6-15-31(29)45(32-16-7-5-14-30(32)44)34-18-10-20-43-46(34)33-17-8-9-19-42(33)49-43/h1-26H. The Labute approximate surface area is 285 Å². The molecule has 2 nitrogen and oxygen atoms in total. The largest absolute Gasteiger partial charge is 0.464 e. The van der Waals surface area contributed by atoms with Gasteiger partial charge in [-0.3, -0.25) is 0 Å². The van der Waals surface area contributed by atoms with Crippen molar-refractivity contribution < 1.29 is 8.83 Å². The van der Waals surface area contributed by atoms with Gasteiger partial charge in [-0.25, -0.2) is 0 Å². The minimum absolute atomic E-state index is 0.856. The van der Waals surface area contributed by atoms with Gasteiger partial charge in [-0.2, -0.15) is 0 Å². The molecule has 8 aromatic carbocycles. The zero-order valence-corrected chi connectivity index (χ0v) is 27.1. The second kappa shape index (κ2) is 10.2. The highest BCUT2D eigenvalue weighted by molar-refractivity contribution is 7.25. The predicted molar refractivity (Wildman–Crippen MR) is 208 cm³/mol. The van der Waals surface area contributed by atoms with Crippen LogP contribution in [0.2, 0.25) is 0 Å². The Hall–Kier alpha value is -6.16. The van der Waals surface area contributed by atoms with Crippen LogP contribution < -0.4 is 0 Å². The Bertz CT molecular complexity index is 3050. The third kappa shape index (κ3) is 3.88. The quantitative estimate of drug-likeness (QED) is 0.179. The minimum atomic E-state index is 0.856. The highest BCUT2D eigenvalue weighted by Gasteiger charge is 2.21. The van der Waals surface area contributed by atoms with E-state index in [2.05, 4.69) is 146 Å². The number of thiophene rings is 1. The van der Waals surface area contributed by atoms with Crippen molar-refractivity contribution in [1.82, 2.24) is 0 Å². The van der Waals surface area contributed by atoms with E-state index in [9.17, 15) is 0 Å². The maximum absolute atomic E-state index is 6.49. The van der Waals surface area contributed by atoms with Crippen molar-refractivity contribution in [3.63, 3.8) is 0 Å². The second-order valence-electron chi connectivity index (χ2n) is 12.8. The summed E-state index contributed by atoms with van der Waals surface area (Å²) in [5, 5.41) is 10.8. The lowest BCUT2D eigenvalue weighted by atomic mass is 9.85. The van der Waals surface area contributed by atoms with E-state index in [-0.39, 0.29) is 0 Å². The van der Waals surface area contributed by atoms with Gasteiger partial charge in [-0.1, -0.05) is 115 Å². The average Bonchev–Trinajstić information content (AvgIpc) is 3.86. The van der Waals surface area contributed by atoms with E-state index in [1.54, 1.807) is 0 Å². The molecule has 0 spiro atoms. The van der Waals surface area contributed by atoms with E-state index in [4.69, 9.17) is 8.83 Å². The van der Waals surface area contributed by atoms with Gasteiger partial charge < -0.3 is 8.83 Å². The van der Waals surface area contributed by atoms with E-state index in [0.29, 0.717) is 0 Å². The highest BCUT2D eigenvalue weighted by Crippen LogP contribution is 2.48. The summed E-state index contributed by atoms with van der Waals surface area (Å²) in [7, 11) is 0. The van der Waals surface area contributed by atoms with Crippen LogP contribution in [-0.2, 0) is 0 Å². The fourth-order valence-electron chi connectivity index (χ4n) is 8.01. The lowest BCUT2D eigenvalue weighted by molar-refractivity contribution is 0.617. The van der Waals surface area contributed by atoms with Gasteiger partial charge in [0.1, 0.15) is 16.7 Å². The van der Waals surface area contributed by atoms with Crippen molar-refractivity contribution in [3.8, 4) is 33.4 Å². The average molecular weight is 643 g/mol. The maximum atomic E-state index is 6.49. The molecule has 0 aliphatic heterocycles. The van der Waals surface area contributed by atoms with Gasteiger partial charge in [0.15, 0.2) is 0 Å². The smallest absolute Gasteiger partial charge is 0.136 e. The van der Waals surface area contributed by atoms with Crippen molar-refractivity contribution in [2.45, 2.75) is 0 Å². The maximum Gasteiger partial charge on any atom is 0.136 e. The molecule has 0 fully saturated rings. The molecule has 11 rings (SSSR count). The molecular weight excluding hydrogens is 617 g/mol. The fraction of sp³-hybridized carbons (Fsp3) is 0. The molecule has 3 aromatic heterocycles.